The molecular formula is C31H41N3O7. The highest BCUT2D eigenvalue weighted by Gasteiger charge is 2.33. The van der Waals surface area contributed by atoms with E-state index in [1.807, 2.05) is 6.92 Å². The molecule has 2 aliphatic heterocycles. The van der Waals surface area contributed by atoms with Gasteiger partial charge in [-0.15, -0.1) is 0 Å². The molecule has 1 N–H and O–H groups in total. The van der Waals surface area contributed by atoms with Gasteiger partial charge in [-0.05, 0) is 49.1 Å². The van der Waals surface area contributed by atoms with E-state index in [-0.39, 0.29) is 36.8 Å². The van der Waals surface area contributed by atoms with Crippen LogP contribution in [0.25, 0.3) is 0 Å². The number of carbonyl (C=O) groups excluding carboxylic acids is 3. The molecule has 4 bridgehead atoms. The third-order valence-electron chi connectivity index (χ3n) is 7.11. The van der Waals surface area contributed by atoms with E-state index in [4.69, 9.17) is 9.47 Å². The van der Waals surface area contributed by atoms with Gasteiger partial charge in [0.2, 0.25) is 17.6 Å². The number of amides is 2. The molecule has 0 spiro atoms. The molecule has 41 heavy (non-hydrogen) atoms. The van der Waals surface area contributed by atoms with Crippen molar-refractivity contribution in [1.29, 1.82) is 0 Å². The molecule has 2 aromatic rings. The van der Waals surface area contributed by atoms with Gasteiger partial charge in [0, 0.05) is 19.0 Å². The van der Waals surface area contributed by atoms with Gasteiger partial charge >= 0.3 is 11.7 Å². The zero-order chi connectivity index (χ0) is 29.8. The molecule has 0 aromatic heterocycles. The first-order chi connectivity index (χ1) is 19.8. The number of hydrogen-bond donors (Lipinski definition) is 1. The maximum Gasteiger partial charge on any atom is 0.328 e. The maximum absolute atomic E-state index is 13.9. The summed E-state index contributed by atoms with van der Waals surface area (Å²) in [7, 11) is 0. The summed E-state index contributed by atoms with van der Waals surface area (Å²) in [6.45, 7) is 6.32. The number of fused-ring (bicyclic) bond motifs is 9. The van der Waals surface area contributed by atoms with Crippen molar-refractivity contribution < 1.29 is 28.8 Å². The molecule has 2 aliphatic rings. The number of nitro groups is 1. The Morgan fingerprint density at radius 3 is 2.54 bits per heavy atom. The van der Waals surface area contributed by atoms with E-state index in [0.29, 0.717) is 29.8 Å². The topological polar surface area (TPSA) is 128 Å². The zero-order valence-corrected chi connectivity index (χ0v) is 24.2. The summed E-state index contributed by atoms with van der Waals surface area (Å²) in [6.07, 6.45) is 5.76. The number of benzene rings is 2. The molecular weight excluding hydrogens is 526 g/mol. The average Bonchev–Trinajstić information content (AvgIpc) is 2.94. The summed E-state index contributed by atoms with van der Waals surface area (Å²) in [5.41, 5.74) is 0.848. The van der Waals surface area contributed by atoms with E-state index >= 15 is 0 Å². The normalized spacial score (nSPS) is 17.6. The van der Waals surface area contributed by atoms with Gasteiger partial charge in [-0.3, -0.25) is 19.7 Å². The minimum absolute atomic E-state index is 0.0212. The molecule has 2 amide bonds. The van der Waals surface area contributed by atoms with Gasteiger partial charge in [-0.1, -0.05) is 64.2 Å². The van der Waals surface area contributed by atoms with E-state index in [1.54, 1.807) is 42.2 Å². The van der Waals surface area contributed by atoms with E-state index in [0.717, 1.165) is 38.5 Å². The number of unbranched alkanes of at least 4 members (excludes halogenated alkanes) is 4. The van der Waals surface area contributed by atoms with Crippen LogP contribution in [0.5, 0.6) is 11.5 Å². The number of hydrogen-bond acceptors (Lipinski definition) is 7. The average molecular weight is 568 g/mol. The SMILES string of the molecule is CCCCCCC1C(=O)NC(C(=O)OCC)Cc2ccc(c([N+](=O)[O-])c2)Oc2cccc(c2)CC(=O)N1CCCC. The first kappa shape index (κ1) is 31.6. The number of ether oxygens (including phenoxy) is 2. The van der Waals surface area contributed by atoms with E-state index in [9.17, 15) is 24.5 Å². The molecule has 2 atom stereocenters. The third-order valence-corrected chi connectivity index (χ3v) is 7.11. The number of nitro benzene ring substituents is 1. The highest BCUT2D eigenvalue weighted by Crippen LogP contribution is 2.33. The van der Waals surface area contributed by atoms with Gasteiger partial charge < -0.3 is 19.7 Å². The molecule has 4 rings (SSSR count). The quantitative estimate of drug-likeness (QED) is 0.164. The lowest BCUT2D eigenvalue weighted by atomic mass is 10.0. The highest BCUT2D eigenvalue weighted by molar-refractivity contribution is 5.91. The van der Waals surface area contributed by atoms with E-state index < -0.39 is 28.9 Å². The Balaban J connectivity index is 2.10. The van der Waals surface area contributed by atoms with Crippen LogP contribution in [0.1, 0.15) is 76.8 Å². The maximum atomic E-state index is 13.9. The second-order valence-corrected chi connectivity index (χ2v) is 10.3. The van der Waals surface area contributed by atoms with Crippen molar-refractivity contribution in [3.63, 3.8) is 0 Å². The van der Waals surface area contributed by atoms with Crippen molar-refractivity contribution >= 4 is 23.5 Å². The number of carbonyl (C=O) groups is 3. The number of nitrogens with one attached hydrogen (secondary N) is 1. The first-order valence-corrected chi connectivity index (χ1v) is 14.6. The molecule has 2 heterocycles. The van der Waals surface area contributed by atoms with Gasteiger partial charge in [0.15, 0.2) is 0 Å². The van der Waals surface area contributed by atoms with Crippen LogP contribution >= 0.6 is 0 Å². The summed E-state index contributed by atoms with van der Waals surface area (Å²) in [4.78, 5) is 53.6. The minimum Gasteiger partial charge on any atom is -0.464 e. The second kappa shape index (κ2) is 15.7. The lowest BCUT2D eigenvalue weighted by Gasteiger charge is -2.32. The molecule has 2 aromatic carbocycles. The third kappa shape index (κ3) is 9.03. The van der Waals surface area contributed by atoms with Crippen LogP contribution in [0.3, 0.4) is 0 Å². The van der Waals surface area contributed by atoms with Crippen molar-refractivity contribution in [1.82, 2.24) is 10.2 Å². The van der Waals surface area contributed by atoms with Crippen molar-refractivity contribution in [3.8, 4) is 11.5 Å². The Labute approximate surface area is 241 Å². The molecule has 0 fully saturated rings. The lowest BCUT2D eigenvalue weighted by Crippen LogP contribution is -2.54. The van der Waals surface area contributed by atoms with Crippen molar-refractivity contribution in [3.05, 3.63) is 63.7 Å². The molecule has 10 heteroatoms. The minimum atomic E-state index is -1.09. The summed E-state index contributed by atoms with van der Waals surface area (Å²) < 4.78 is 11.1. The Morgan fingerprint density at radius 1 is 1.05 bits per heavy atom. The predicted octanol–water partition coefficient (Wildman–Crippen LogP) is 5.50. The van der Waals surface area contributed by atoms with Crippen LogP contribution in [0.4, 0.5) is 5.69 Å². The highest BCUT2D eigenvalue weighted by atomic mass is 16.6. The monoisotopic (exact) mass is 567 g/mol. The smallest absolute Gasteiger partial charge is 0.328 e. The summed E-state index contributed by atoms with van der Waals surface area (Å²) in [5, 5.41) is 14.7. The Bertz CT molecular complexity index is 1220. The van der Waals surface area contributed by atoms with Crippen LogP contribution in [-0.2, 0) is 32.0 Å². The fraction of sp³-hybridized carbons (Fsp3) is 0.516. The van der Waals surface area contributed by atoms with Crippen molar-refractivity contribution in [2.45, 2.75) is 90.6 Å². The summed E-state index contributed by atoms with van der Waals surface area (Å²) in [6, 6.07) is 9.48. The Hall–Kier alpha value is -3.95. The molecule has 0 aliphatic carbocycles. The van der Waals surface area contributed by atoms with Crippen LogP contribution < -0.4 is 10.1 Å². The van der Waals surface area contributed by atoms with Crippen LogP contribution in [0, 0.1) is 10.1 Å². The summed E-state index contributed by atoms with van der Waals surface area (Å²) in [5.74, 6) is -0.893. The van der Waals surface area contributed by atoms with Gasteiger partial charge in [-0.25, -0.2) is 4.79 Å². The standard InChI is InChI=1S/C31H41N3O7/c1-4-7-9-10-14-26-30(36)32-25(31(37)40-6-3)19-23-15-16-28(27(20-23)34(38)39)41-24-13-11-12-22(18-24)21-29(35)33(26)17-8-5-2/h11-13,15-16,18,20,25-26H,4-10,14,17,19,21H2,1-3H3,(H,32,36). The number of nitrogens with zero attached hydrogens (tertiary/aromatic N) is 2. The van der Waals surface area contributed by atoms with Crippen molar-refractivity contribution in [2.75, 3.05) is 13.2 Å². The van der Waals surface area contributed by atoms with Crippen LogP contribution in [0.15, 0.2) is 42.5 Å². The fourth-order valence-electron chi connectivity index (χ4n) is 4.96. The first-order valence-electron chi connectivity index (χ1n) is 14.6. The van der Waals surface area contributed by atoms with Gasteiger partial charge in [0.05, 0.1) is 18.0 Å². The molecule has 10 nitrogen and oxygen atoms in total. The second-order valence-electron chi connectivity index (χ2n) is 10.3. The Morgan fingerprint density at radius 2 is 1.83 bits per heavy atom. The molecule has 222 valence electrons. The zero-order valence-electron chi connectivity index (χ0n) is 24.2. The van der Waals surface area contributed by atoms with E-state index in [2.05, 4.69) is 12.2 Å². The van der Waals surface area contributed by atoms with Gasteiger partial charge in [0.25, 0.3) is 0 Å². The van der Waals surface area contributed by atoms with Gasteiger partial charge in [-0.2, -0.15) is 0 Å². The van der Waals surface area contributed by atoms with Crippen LogP contribution in [0.2, 0.25) is 0 Å². The van der Waals surface area contributed by atoms with E-state index in [1.165, 1.54) is 12.1 Å². The summed E-state index contributed by atoms with van der Waals surface area (Å²) >= 11 is 0. The Kier molecular flexibility index (Phi) is 12.1. The molecule has 0 saturated heterocycles. The number of rotatable bonds is 11. The van der Waals surface area contributed by atoms with Crippen LogP contribution in [-0.4, -0.2) is 52.8 Å². The predicted molar refractivity (Wildman–Crippen MR) is 155 cm³/mol. The molecule has 0 radical (unpaired) electrons. The van der Waals surface area contributed by atoms with Crippen molar-refractivity contribution in [2.24, 2.45) is 0 Å². The number of esters is 1. The lowest BCUT2D eigenvalue weighted by molar-refractivity contribution is -0.385. The molecule has 2 unspecified atom stereocenters. The fourth-order valence-corrected chi connectivity index (χ4v) is 4.96. The largest absolute Gasteiger partial charge is 0.464 e. The molecule has 0 saturated carbocycles. The van der Waals surface area contributed by atoms with Gasteiger partial charge in [0.1, 0.15) is 17.8 Å².